The molecule has 0 unspecified atom stereocenters. The van der Waals surface area contributed by atoms with E-state index in [1.54, 1.807) is 0 Å². The van der Waals surface area contributed by atoms with Crippen molar-refractivity contribution < 1.29 is 4.74 Å². The first kappa shape index (κ1) is 19.5. The fourth-order valence-electron chi connectivity index (χ4n) is 3.93. The standard InChI is InChI=1S/C25H29N3O/c1-2-5-23(6-3-1)27-24-7-9-25(10-8-24)29-20-4-17-28-18-13-22(14-19-28)21-11-15-26-16-12-21/h1-3,5-12,15-16,22,27H,4,13-14,17-20H2. The number of pyridine rings is 1. The van der Waals surface area contributed by atoms with Crippen molar-refractivity contribution in [3.05, 3.63) is 84.7 Å². The predicted octanol–water partition coefficient (Wildman–Crippen LogP) is 5.47. The van der Waals surface area contributed by atoms with Gasteiger partial charge in [0.25, 0.3) is 0 Å². The van der Waals surface area contributed by atoms with Crippen molar-refractivity contribution in [2.24, 2.45) is 0 Å². The lowest BCUT2D eigenvalue weighted by molar-refractivity contribution is 0.193. The molecular formula is C25H29N3O. The van der Waals surface area contributed by atoms with Crippen LogP contribution in [0.2, 0.25) is 0 Å². The van der Waals surface area contributed by atoms with Crippen molar-refractivity contribution in [2.45, 2.75) is 25.2 Å². The average molecular weight is 388 g/mol. The number of hydrogen-bond acceptors (Lipinski definition) is 4. The highest BCUT2D eigenvalue weighted by molar-refractivity contribution is 5.59. The van der Waals surface area contributed by atoms with Crippen molar-refractivity contribution in [2.75, 3.05) is 31.6 Å². The Hall–Kier alpha value is -2.85. The lowest BCUT2D eigenvalue weighted by Gasteiger charge is -2.32. The van der Waals surface area contributed by atoms with E-state index in [1.807, 2.05) is 42.7 Å². The number of nitrogens with zero attached hydrogens (tertiary/aromatic N) is 2. The van der Waals surface area contributed by atoms with Gasteiger partial charge in [0.05, 0.1) is 6.61 Å². The second kappa shape index (κ2) is 10.1. The molecule has 1 saturated heterocycles. The van der Waals surface area contributed by atoms with Crippen LogP contribution in [0.5, 0.6) is 5.75 Å². The topological polar surface area (TPSA) is 37.4 Å². The highest BCUT2D eigenvalue weighted by Gasteiger charge is 2.20. The van der Waals surface area contributed by atoms with Crippen LogP contribution < -0.4 is 10.1 Å². The third-order valence-electron chi connectivity index (χ3n) is 5.57. The van der Waals surface area contributed by atoms with E-state index in [-0.39, 0.29) is 0 Å². The number of nitrogens with one attached hydrogen (secondary N) is 1. The number of anilines is 2. The van der Waals surface area contributed by atoms with E-state index >= 15 is 0 Å². The largest absolute Gasteiger partial charge is 0.494 e. The summed E-state index contributed by atoms with van der Waals surface area (Å²) in [5.41, 5.74) is 3.60. The van der Waals surface area contributed by atoms with Crippen LogP contribution in [0.1, 0.15) is 30.7 Å². The van der Waals surface area contributed by atoms with E-state index in [4.69, 9.17) is 4.74 Å². The minimum atomic E-state index is 0.688. The van der Waals surface area contributed by atoms with Gasteiger partial charge in [-0.05, 0) is 92.4 Å². The maximum absolute atomic E-state index is 5.93. The van der Waals surface area contributed by atoms with Crippen molar-refractivity contribution in [3.8, 4) is 5.75 Å². The molecule has 29 heavy (non-hydrogen) atoms. The van der Waals surface area contributed by atoms with E-state index in [2.05, 4.69) is 51.6 Å². The van der Waals surface area contributed by atoms with Crippen molar-refractivity contribution in [1.29, 1.82) is 0 Å². The monoisotopic (exact) mass is 387 g/mol. The SMILES string of the molecule is c1ccc(Nc2ccc(OCCCN3CCC(c4ccncc4)CC3)cc2)cc1. The molecule has 1 aromatic heterocycles. The molecule has 0 amide bonds. The van der Waals surface area contributed by atoms with Gasteiger partial charge in [0.1, 0.15) is 5.75 Å². The van der Waals surface area contributed by atoms with Crippen LogP contribution in [-0.4, -0.2) is 36.1 Å². The summed E-state index contributed by atoms with van der Waals surface area (Å²) in [6, 6.07) is 22.7. The molecule has 1 aliphatic heterocycles. The number of rotatable bonds is 8. The zero-order chi connectivity index (χ0) is 19.7. The number of likely N-dealkylation sites (tertiary alicyclic amines) is 1. The second-order valence-corrected chi connectivity index (χ2v) is 7.61. The Morgan fingerprint density at radius 2 is 1.55 bits per heavy atom. The van der Waals surface area contributed by atoms with E-state index in [1.165, 1.54) is 31.5 Å². The van der Waals surface area contributed by atoms with Crippen LogP contribution in [0, 0.1) is 0 Å². The summed E-state index contributed by atoms with van der Waals surface area (Å²) in [6.45, 7) is 4.21. The number of ether oxygens (including phenoxy) is 1. The molecule has 0 bridgehead atoms. The highest BCUT2D eigenvalue weighted by atomic mass is 16.5. The van der Waals surface area contributed by atoms with Crippen LogP contribution in [0.25, 0.3) is 0 Å². The Balaban J connectivity index is 1.14. The molecule has 4 rings (SSSR count). The fourth-order valence-corrected chi connectivity index (χ4v) is 3.93. The number of piperidine rings is 1. The van der Waals surface area contributed by atoms with Gasteiger partial charge in [0.15, 0.2) is 0 Å². The molecule has 3 aromatic rings. The predicted molar refractivity (Wildman–Crippen MR) is 119 cm³/mol. The first-order chi connectivity index (χ1) is 14.4. The van der Waals surface area contributed by atoms with E-state index in [9.17, 15) is 0 Å². The molecular weight excluding hydrogens is 358 g/mol. The zero-order valence-corrected chi connectivity index (χ0v) is 16.8. The van der Waals surface area contributed by atoms with Gasteiger partial charge in [-0.2, -0.15) is 0 Å². The molecule has 150 valence electrons. The maximum Gasteiger partial charge on any atom is 0.119 e. The molecule has 1 aliphatic rings. The van der Waals surface area contributed by atoms with Gasteiger partial charge in [0, 0.05) is 30.3 Å². The first-order valence-electron chi connectivity index (χ1n) is 10.5. The van der Waals surface area contributed by atoms with Crippen molar-refractivity contribution in [3.63, 3.8) is 0 Å². The van der Waals surface area contributed by atoms with Crippen LogP contribution in [0.3, 0.4) is 0 Å². The van der Waals surface area contributed by atoms with Gasteiger partial charge in [-0.1, -0.05) is 18.2 Å². The van der Waals surface area contributed by atoms with Crippen molar-refractivity contribution >= 4 is 11.4 Å². The average Bonchev–Trinajstić information content (AvgIpc) is 2.79. The van der Waals surface area contributed by atoms with Gasteiger partial charge >= 0.3 is 0 Å². The summed E-state index contributed by atoms with van der Waals surface area (Å²) < 4.78 is 5.93. The smallest absolute Gasteiger partial charge is 0.119 e. The first-order valence-corrected chi connectivity index (χ1v) is 10.5. The quantitative estimate of drug-likeness (QED) is 0.520. The van der Waals surface area contributed by atoms with Gasteiger partial charge < -0.3 is 15.0 Å². The number of hydrogen-bond donors (Lipinski definition) is 1. The minimum Gasteiger partial charge on any atom is -0.494 e. The summed E-state index contributed by atoms with van der Waals surface area (Å²) in [6.07, 6.45) is 7.35. The maximum atomic E-state index is 5.93. The highest BCUT2D eigenvalue weighted by Crippen LogP contribution is 2.27. The van der Waals surface area contributed by atoms with Crippen LogP contribution >= 0.6 is 0 Å². The molecule has 4 nitrogen and oxygen atoms in total. The third-order valence-corrected chi connectivity index (χ3v) is 5.57. The zero-order valence-electron chi connectivity index (χ0n) is 16.8. The van der Waals surface area contributed by atoms with Gasteiger partial charge in [-0.3, -0.25) is 4.98 Å². The lowest BCUT2D eigenvalue weighted by Crippen LogP contribution is -2.34. The normalized spacial score (nSPS) is 15.2. The van der Waals surface area contributed by atoms with E-state index in [0.717, 1.165) is 36.7 Å². The molecule has 2 heterocycles. The summed E-state index contributed by atoms with van der Waals surface area (Å²) in [5, 5.41) is 3.39. The third kappa shape index (κ3) is 5.81. The molecule has 0 radical (unpaired) electrons. The molecule has 1 N–H and O–H groups in total. The number of aromatic nitrogens is 1. The van der Waals surface area contributed by atoms with E-state index in [0.29, 0.717) is 5.92 Å². The van der Waals surface area contributed by atoms with E-state index < -0.39 is 0 Å². The van der Waals surface area contributed by atoms with Crippen molar-refractivity contribution in [1.82, 2.24) is 9.88 Å². The van der Waals surface area contributed by atoms with Crippen LogP contribution in [-0.2, 0) is 0 Å². The molecule has 4 heteroatoms. The summed E-state index contributed by atoms with van der Waals surface area (Å²) in [4.78, 5) is 6.69. The number of benzene rings is 2. The molecule has 1 fully saturated rings. The van der Waals surface area contributed by atoms with Gasteiger partial charge in [0.2, 0.25) is 0 Å². The van der Waals surface area contributed by atoms with Crippen LogP contribution in [0.15, 0.2) is 79.1 Å². The summed E-state index contributed by atoms with van der Waals surface area (Å²) in [7, 11) is 0. The Labute approximate surface area is 173 Å². The second-order valence-electron chi connectivity index (χ2n) is 7.61. The van der Waals surface area contributed by atoms with Gasteiger partial charge in [-0.15, -0.1) is 0 Å². The molecule has 0 spiro atoms. The molecule has 2 aromatic carbocycles. The van der Waals surface area contributed by atoms with Gasteiger partial charge in [-0.25, -0.2) is 0 Å². The fraction of sp³-hybridized carbons (Fsp3) is 0.320. The Morgan fingerprint density at radius 1 is 0.862 bits per heavy atom. The molecule has 0 saturated carbocycles. The molecule has 0 atom stereocenters. The summed E-state index contributed by atoms with van der Waals surface area (Å²) >= 11 is 0. The summed E-state index contributed by atoms with van der Waals surface area (Å²) in [5.74, 6) is 1.62. The molecule has 0 aliphatic carbocycles. The van der Waals surface area contributed by atoms with Crippen LogP contribution in [0.4, 0.5) is 11.4 Å². The Bertz CT molecular complexity index is 844. The Morgan fingerprint density at radius 3 is 2.28 bits per heavy atom. The lowest BCUT2D eigenvalue weighted by atomic mass is 9.90. The minimum absolute atomic E-state index is 0.688. The number of para-hydroxylation sites is 1. The Kier molecular flexibility index (Phi) is 6.76.